The highest BCUT2D eigenvalue weighted by atomic mass is 32.2. The van der Waals surface area contributed by atoms with Crippen LogP contribution >= 0.6 is 11.8 Å². The fraction of sp³-hybridized carbons (Fsp3) is 0.500. The van der Waals surface area contributed by atoms with Gasteiger partial charge in [-0.15, -0.1) is 22.0 Å². The molecule has 0 unspecified atom stereocenters. The molecule has 0 atom stereocenters. The molecular formula is C16H23N3OS. The highest BCUT2D eigenvalue weighted by Crippen LogP contribution is 2.28. The van der Waals surface area contributed by atoms with Gasteiger partial charge in [0.1, 0.15) is 0 Å². The molecule has 0 saturated carbocycles. The normalized spacial score (nSPS) is 11.8. The first-order chi connectivity index (χ1) is 9.99. The van der Waals surface area contributed by atoms with Gasteiger partial charge in [0.2, 0.25) is 11.8 Å². The van der Waals surface area contributed by atoms with Crippen molar-refractivity contribution in [3.63, 3.8) is 0 Å². The van der Waals surface area contributed by atoms with E-state index < -0.39 is 0 Å². The second-order valence-electron chi connectivity index (χ2n) is 5.98. The second-order valence-corrected chi connectivity index (χ2v) is 6.83. The molecule has 0 fully saturated rings. The summed E-state index contributed by atoms with van der Waals surface area (Å²) in [6.45, 7) is 7.44. The quantitative estimate of drug-likeness (QED) is 0.650. The van der Waals surface area contributed by atoms with Crippen LogP contribution in [0.15, 0.2) is 33.6 Å². The highest BCUT2D eigenvalue weighted by Gasteiger charge is 2.12. The molecule has 21 heavy (non-hydrogen) atoms. The Morgan fingerprint density at radius 2 is 1.95 bits per heavy atom. The van der Waals surface area contributed by atoms with Crippen molar-refractivity contribution in [3.8, 4) is 11.5 Å². The van der Waals surface area contributed by atoms with E-state index in [1.54, 1.807) is 11.8 Å². The van der Waals surface area contributed by atoms with E-state index in [9.17, 15) is 0 Å². The van der Waals surface area contributed by atoms with Gasteiger partial charge in [-0.1, -0.05) is 12.1 Å². The summed E-state index contributed by atoms with van der Waals surface area (Å²) in [7, 11) is 0. The molecule has 2 rings (SSSR count). The molecule has 0 radical (unpaired) electrons. The van der Waals surface area contributed by atoms with Crippen molar-refractivity contribution in [1.82, 2.24) is 15.5 Å². The minimum Gasteiger partial charge on any atom is -0.421 e. The van der Waals surface area contributed by atoms with Gasteiger partial charge in [-0.3, -0.25) is 0 Å². The number of aryl methyl sites for hydroxylation is 1. The molecule has 0 aliphatic rings. The fourth-order valence-electron chi connectivity index (χ4n) is 1.99. The minimum atomic E-state index is 0.150. The Morgan fingerprint density at radius 3 is 2.67 bits per heavy atom. The molecule has 1 heterocycles. The van der Waals surface area contributed by atoms with Crippen LogP contribution in [-0.4, -0.2) is 28.5 Å². The van der Waals surface area contributed by atoms with E-state index in [0.29, 0.717) is 11.8 Å². The largest absolute Gasteiger partial charge is 0.421 e. The summed E-state index contributed by atoms with van der Waals surface area (Å²) >= 11 is 1.69. The number of benzene rings is 1. The van der Waals surface area contributed by atoms with Crippen LogP contribution in [0.2, 0.25) is 0 Å². The Balaban J connectivity index is 1.95. The summed E-state index contributed by atoms with van der Waals surface area (Å²) in [4.78, 5) is 1.15. The first-order valence-electron chi connectivity index (χ1n) is 7.20. The second kappa shape index (κ2) is 7.09. The smallest absolute Gasteiger partial charge is 0.248 e. The lowest BCUT2D eigenvalue weighted by Gasteiger charge is -2.19. The van der Waals surface area contributed by atoms with Crippen molar-refractivity contribution in [2.75, 3.05) is 12.8 Å². The Labute approximate surface area is 130 Å². The molecule has 0 aliphatic heterocycles. The highest BCUT2D eigenvalue weighted by molar-refractivity contribution is 7.98. The monoisotopic (exact) mass is 305 g/mol. The Bertz CT molecular complexity index is 575. The van der Waals surface area contributed by atoms with Gasteiger partial charge in [-0.25, -0.2) is 0 Å². The van der Waals surface area contributed by atoms with Crippen LogP contribution in [-0.2, 0) is 6.42 Å². The van der Waals surface area contributed by atoms with Crippen LogP contribution in [0, 0.1) is 0 Å². The lowest BCUT2D eigenvalue weighted by molar-refractivity contribution is 0.412. The average Bonchev–Trinajstić information content (AvgIpc) is 2.91. The van der Waals surface area contributed by atoms with Gasteiger partial charge in [0.05, 0.1) is 5.56 Å². The summed E-state index contributed by atoms with van der Waals surface area (Å²) in [5.41, 5.74) is 1.16. The minimum absolute atomic E-state index is 0.150. The van der Waals surface area contributed by atoms with Crippen LogP contribution in [0.1, 0.15) is 33.1 Å². The maximum Gasteiger partial charge on any atom is 0.248 e. The summed E-state index contributed by atoms with van der Waals surface area (Å²) in [5, 5.41) is 11.8. The van der Waals surface area contributed by atoms with Crippen LogP contribution in [0.3, 0.4) is 0 Å². The van der Waals surface area contributed by atoms with Crippen LogP contribution in [0.25, 0.3) is 11.5 Å². The molecule has 0 spiro atoms. The maximum atomic E-state index is 5.78. The molecule has 2 aromatic rings. The molecule has 0 saturated heterocycles. The van der Waals surface area contributed by atoms with Gasteiger partial charge >= 0.3 is 0 Å². The zero-order valence-electron chi connectivity index (χ0n) is 13.1. The topological polar surface area (TPSA) is 51.0 Å². The zero-order chi connectivity index (χ0) is 15.3. The molecule has 114 valence electrons. The molecular weight excluding hydrogens is 282 g/mol. The summed E-state index contributed by atoms with van der Waals surface area (Å²) < 4.78 is 5.78. The van der Waals surface area contributed by atoms with Gasteiger partial charge in [0.25, 0.3) is 0 Å². The van der Waals surface area contributed by atoms with Crippen molar-refractivity contribution < 1.29 is 4.42 Å². The van der Waals surface area contributed by atoms with Crippen molar-refractivity contribution in [1.29, 1.82) is 0 Å². The third-order valence-corrected chi connectivity index (χ3v) is 3.82. The molecule has 1 N–H and O–H groups in total. The predicted molar refractivity (Wildman–Crippen MR) is 87.6 cm³/mol. The molecule has 0 bridgehead atoms. The molecule has 4 nitrogen and oxygen atoms in total. The first-order valence-corrected chi connectivity index (χ1v) is 8.43. The number of rotatable bonds is 6. The SMILES string of the molecule is CSc1ccccc1-c1nnc(CCCNC(C)(C)C)o1. The number of nitrogens with zero attached hydrogens (tertiary/aromatic N) is 2. The number of hydrogen-bond donors (Lipinski definition) is 1. The third kappa shape index (κ3) is 4.86. The van der Waals surface area contributed by atoms with Crippen LogP contribution < -0.4 is 5.32 Å². The summed E-state index contributed by atoms with van der Waals surface area (Å²) in [6, 6.07) is 8.10. The predicted octanol–water partition coefficient (Wildman–Crippen LogP) is 3.78. The van der Waals surface area contributed by atoms with E-state index in [4.69, 9.17) is 4.42 Å². The number of thioether (sulfide) groups is 1. The standard InChI is InChI=1S/C16H23N3OS/c1-16(2,3)17-11-7-10-14-18-19-15(20-14)12-8-5-6-9-13(12)21-4/h5-6,8-9,17H,7,10-11H2,1-4H3. The third-order valence-electron chi connectivity index (χ3n) is 3.03. The fourth-order valence-corrected chi connectivity index (χ4v) is 2.58. The molecule has 5 heteroatoms. The number of nitrogens with one attached hydrogen (secondary N) is 1. The lowest BCUT2D eigenvalue weighted by atomic mass is 10.1. The molecule has 0 amide bonds. The van der Waals surface area contributed by atoms with E-state index in [2.05, 4.69) is 42.4 Å². The summed E-state index contributed by atoms with van der Waals surface area (Å²) in [6.07, 6.45) is 3.84. The Hall–Kier alpha value is -1.33. The van der Waals surface area contributed by atoms with Crippen molar-refractivity contribution in [2.24, 2.45) is 0 Å². The maximum absolute atomic E-state index is 5.78. The van der Waals surface area contributed by atoms with E-state index in [-0.39, 0.29) is 5.54 Å². The van der Waals surface area contributed by atoms with Crippen LogP contribution in [0.4, 0.5) is 0 Å². The average molecular weight is 305 g/mol. The molecule has 0 aliphatic carbocycles. The van der Waals surface area contributed by atoms with E-state index in [1.165, 1.54) is 0 Å². The van der Waals surface area contributed by atoms with E-state index >= 15 is 0 Å². The molecule has 1 aromatic carbocycles. The Morgan fingerprint density at radius 1 is 1.19 bits per heavy atom. The van der Waals surface area contributed by atoms with Gasteiger partial charge < -0.3 is 9.73 Å². The van der Waals surface area contributed by atoms with Crippen molar-refractivity contribution in [3.05, 3.63) is 30.2 Å². The zero-order valence-corrected chi connectivity index (χ0v) is 14.0. The van der Waals surface area contributed by atoms with Gasteiger partial charge in [0.15, 0.2) is 0 Å². The van der Waals surface area contributed by atoms with E-state index in [0.717, 1.165) is 29.8 Å². The number of aromatic nitrogens is 2. The lowest BCUT2D eigenvalue weighted by Crippen LogP contribution is -2.36. The van der Waals surface area contributed by atoms with Crippen molar-refractivity contribution >= 4 is 11.8 Å². The summed E-state index contributed by atoms with van der Waals surface area (Å²) in [5.74, 6) is 1.32. The van der Waals surface area contributed by atoms with Gasteiger partial charge in [-0.2, -0.15) is 0 Å². The van der Waals surface area contributed by atoms with Crippen molar-refractivity contribution in [2.45, 2.75) is 44.0 Å². The van der Waals surface area contributed by atoms with E-state index in [1.807, 2.05) is 24.5 Å². The number of hydrogen-bond acceptors (Lipinski definition) is 5. The van der Waals surface area contributed by atoms with Crippen LogP contribution in [0.5, 0.6) is 0 Å². The Kier molecular flexibility index (Phi) is 5.42. The van der Waals surface area contributed by atoms with Gasteiger partial charge in [-0.05, 0) is 52.1 Å². The molecule has 1 aromatic heterocycles. The first kappa shape index (κ1) is 16.0. The van der Waals surface area contributed by atoms with Gasteiger partial charge in [0, 0.05) is 16.9 Å².